The van der Waals surface area contributed by atoms with Crippen LogP contribution in [0.4, 0.5) is 8.78 Å². The Labute approximate surface area is 188 Å². The Morgan fingerprint density at radius 2 is 1.97 bits per heavy atom. The van der Waals surface area contributed by atoms with Gasteiger partial charge < -0.3 is 19.3 Å². The van der Waals surface area contributed by atoms with Gasteiger partial charge >= 0.3 is 0 Å². The van der Waals surface area contributed by atoms with Gasteiger partial charge in [0.05, 0.1) is 25.1 Å². The lowest BCUT2D eigenvalue weighted by molar-refractivity contribution is -0.139. The molecular weight excluding hydrogens is 432 g/mol. The molecule has 0 saturated carbocycles. The van der Waals surface area contributed by atoms with Crippen molar-refractivity contribution in [2.75, 3.05) is 13.7 Å². The number of halogens is 2. The minimum Gasteiger partial charge on any atom is -0.507 e. The molecule has 2 heterocycles. The molecule has 0 aliphatic carbocycles. The molecule has 1 N–H and O–H groups in total. The number of ether oxygens (including phenoxy) is 1. The van der Waals surface area contributed by atoms with Crippen LogP contribution in [0.25, 0.3) is 5.76 Å². The van der Waals surface area contributed by atoms with Crippen LogP contribution in [-0.2, 0) is 16.1 Å². The van der Waals surface area contributed by atoms with Crippen LogP contribution in [0.5, 0.6) is 5.75 Å². The summed E-state index contributed by atoms with van der Waals surface area (Å²) in [6.07, 6.45) is 5.53. The Balaban J connectivity index is 1.75. The number of hydrogen-bond donors (Lipinski definition) is 1. The van der Waals surface area contributed by atoms with Crippen molar-refractivity contribution in [1.82, 2.24) is 14.5 Å². The van der Waals surface area contributed by atoms with E-state index in [0.29, 0.717) is 18.5 Å². The minimum atomic E-state index is -1.02. The van der Waals surface area contributed by atoms with Gasteiger partial charge in [-0.25, -0.2) is 13.8 Å². The number of aliphatic hydroxyl groups excluding tert-OH is 1. The number of carbonyl (C=O) groups excluding carboxylic acids is 2. The quantitative estimate of drug-likeness (QED) is 0.335. The molecule has 170 valence electrons. The van der Waals surface area contributed by atoms with E-state index in [1.165, 1.54) is 42.3 Å². The zero-order chi connectivity index (χ0) is 23.5. The van der Waals surface area contributed by atoms with Gasteiger partial charge in [0.1, 0.15) is 11.6 Å². The monoisotopic (exact) mass is 453 g/mol. The Morgan fingerprint density at radius 3 is 2.64 bits per heavy atom. The third kappa shape index (κ3) is 4.34. The second kappa shape index (κ2) is 9.23. The van der Waals surface area contributed by atoms with Crippen LogP contribution in [0.15, 0.2) is 66.8 Å². The summed E-state index contributed by atoms with van der Waals surface area (Å²) in [5.41, 5.74) is 0.108. The predicted molar refractivity (Wildman–Crippen MR) is 115 cm³/mol. The largest absolute Gasteiger partial charge is 0.507 e. The van der Waals surface area contributed by atoms with E-state index in [2.05, 4.69) is 4.98 Å². The lowest BCUT2D eigenvalue weighted by atomic mass is 9.95. The highest BCUT2D eigenvalue weighted by molar-refractivity contribution is 6.46. The highest BCUT2D eigenvalue weighted by Crippen LogP contribution is 2.40. The van der Waals surface area contributed by atoms with Gasteiger partial charge in [-0.05, 0) is 42.3 Å². The summed E-state index contributed by atoms with van der Waals surface area (Å²) in [7, 11) is 1.30. The maximum Gasteiger partial charge on any atom is 0.295 e. The van der Waals surface area contributed by atoms with Crippen LogP contribution in [0.1, 0.15) is 23.6 Å². The molecule has 1 aliphatic rings. The molecule has 0 unspecified atom stereocenters. The maximum atomic E-state index is 14.2. The van der Waals surface area contributed by atoms with Crippen LogP contribution < -0.4 is 4.74 Å². The zero-order valence-electron chi connectivity index (χ0n) is 17.7. The van der Waals surface area contributed by atoms with Crippen LogP contribution in [0.2, 0.25) is 0 Å². The van der Waals surface area contributed by atoms with Gasteiger partial charge in [0.2, 0.25) is 0 Å². The maximum absolute atomic E-state index is 14.2. The van der Waals surface area contributed by atoms with Crippen molar-refractivity contribution in [3.8, 4) is 5.75 Å². The molecule has 2 aromatic carbocycles. The van der Waals surface area contributed by atoms with Gasteiger partial charge in [-0.1, -0.05) is 12.1 Å². The highest BCUT2D eigenvalue weighted by Gasteiger charge is 2.45. The number of likely N-dealkylation sites (tertiary alicyclic amines) is 1. The lowest BCUT2D eigenvalue weighted by Crippen LogP contribution is -2.31. The number of Topliss-reactive ketones (excluding diaryl/α,β-unsaturated/α-hetero) is 1. The second-order valence-corrected chi connectivity index (χ2v) is 7.55. The Hall–Kier alpha value is -4.01. The van der Waals surface area contributed by atoms with E-state index in [0.717, 1.165) is 6.07 Å². The molecule has 4 rings (SSSR count). The third-order valence-corrected chi connectivity index (χ3v) is 5.50. The van der Waals surface area contributed by atoms with Crippen molar-refractivity contribution in [3.05, 3.63) is 89.5 Å². The summed E-state index contributed by atoms with van der Waals surface area (Å²) in [6.45, 7) is 0.722. The first kappa shape index (κ1) is 22.2. The van der Waals surface area contributed by atoms with Crippen LogP contribution in [0.3, 0.4) is 0 Å². The predicted octanol–water partition coefficient (Wildman–Crippen LogP) is 3.68. The van der Waals surface area contributed by atoms with Crippen molar-refractivity contribution in [2.45, 2.75) is 19.0 Å². The van der Waals surface area contributed by atoms with E-state index in [-0.39, 0.29) is 23.4 Å². The standard InChI is InChI=1S/C24H21F2N3O4/c1-33-19-7-6-16(13-18(19)26)22(30)20-21(15-4-2-5-17(25)12-15)29(24(32)23(20)31)10-3-9-28-11-8-27-14-28/h2,4-8,11-14,21,30H,3,9-10H2,1H3/t21-/m1/s1. The second-order valence-electron chi connectivity index (χ2n) is 7.55. The average molecular weight is 453 g/mol. The fraction of sp³-hybridized carbons (Fsp3) is 0.208. The van der Waals surface area contributed by atoms with Crippen molar-refractivity contribution >= 4 is 17.4 Å². The highest BCUT2D eigenvalue weighted by atomic mass is 19.1. The number of aliphatic hydroxyl groups is 1. The van der Waals surface area contributed by atoms with E-state index >= 15 is 0 Å². The van der Waals surface area contributed by atoms with Crippen molar-refractivity contribution in [2.24, 2.45) is 0 Å². The molecule has 1 aromatic heterocycles. The number of ketones is 1. The number of aryl methyl sites for hydroxylation is 1. The molecular formula is C24H21F2N3O4. The molecule has 0 spiro atoms. The Bertz CT molecular complexity index is 1220. The molecule has 0 radical (unpaired) electrons. The Morgan fingerprint density at radius 1 is 1.15 bits per heavy atom. The number of aromatic nitrogens is 2. The molecule has 1 fully saturated rings. The van der Waals surface area contributed by atoms with Gasteiger partial charge in [0.15, 0.2) is 11.6 Å². The molecule has 9 heteroatoms. The van der Waals surface area contributed by atoms with Gasteiger partial charge in [-0.2, -0.15) is 0 Å². The van der Waals surface area contributed by atoms with Crippen molar-refractivity contribution in [3.63, 3.8) is 0 Å². The summed E-state index contributed by atoms with van der Waals surface area (Å²) < 4.78 is 35.0. The number of carbonyl (C=O) groups is 2. The normalized spacial score (nSPS) is 17.5. The van der Waals surface area contributed by atoms with Gasteiger partial charge in [-0.3, -0.25) is 9.59 Å². The SMILES string of the molecule is COc1ccc(C(O)=C2C(=O)C(=O)N(CCCn3ccnc3)[C@@H]2c2cccc(F)c2)cc1F. The van der Waals surface area contributed by atoms with E-state index < -0.39 is 35.1 Å². The number of benzene rings is 2. The molecule has 1 atom stereocenters. The molecule has 1 saturated heterocycles. The topological polar surface area (TPSA) is 84.7 Å². The average Bonchev–Trinajstić information content (AvgIpc) is 3.41. The molecule has 33 heavy (non-hydrogen) atoms. The number of methoxy groups -OCH3 is 1. The number of amides is 1. The van der Waals surface area contributed by atoms with E-state index in [9.17, 15) is 23.5 Å². The number of imidazole rings is 1. The minimum absolute atomic E-state index is 0.00567. The summed E-state index contributed by atoms with van der Waals surface area (Å²) in [5, 5.41) is 11.0. The van der Waals surface area contributed by atoms with Crippen LogP contribution in [0, 0.1) is 11.6 Å². The Kier molecular flexibility index (Phi) is 6.21. The van der Waals surface area contributed by atoms with Gasteiger partial charge in [-0.15, -0.1) is 0 Å². The summed E-state index contributed by atoms with van der Waals surface area (Å²) in [6, 6.07) is 8.18. The molecule has 1 aliphatic heterocycles. The zero-order valence-corrected chi connectivity index (χ0v) is 17.7. The summed E-state index contributed by atoms with van der Waals surface area (Å²) >= 11 is 0. The van der Waals surface area contributed by atoms with Gasteiger partial charge in [0, 0.05) is 31.0 Å². The number of nitrogens with zero attached hydrogens (tertiary/aromatic N) is 3. The van der Waals surface area contributed by atoms with Crippen molar-refractivity contribution in [1.29, 1.82) is 0 Å². The van der Waals surface area contributed by atoms with Crippen molar-refractivity contribution < 1.29 is 28.2 Å². The molecule has 7 nitrogen and oxygen atoms in total. The first-order valence-electron chi connectivity index (χ1n) is 10.2. The fourth-order valence-corrected chi connectivity index (χ4v) is 3.95. The number of hydrogen-bond acceptors (Lipinski definition) is 5. The summed E-state index contributed by atoms with van der Waals surface area (Å²) in [4.78, 5) is 31.1. The van der Waals surface area contributed by atoms with E-state index in [4.69, 9.17) is 4.74 Å². The summed E-state index contributed by atoms with van der Waals surface area (Å²) in [5.74, 6) is -3.59. The van der Waals surface area contributed by atoms with Gasteiger partial charge in [0.25, 0.3) is 11.7 Å². The molecule has 0 bridgehead atoms. The fourth-order valence-electron chi connectivity index (χ4n) is 3.95. The first-order valence-corrected chi connectivity index (χ1v) is 10.2. The molecule has 3 aromatic rings. The van der Waals surface area contributed by atoms with Crippen LogP contribution >= 0.6 is 0 Å². The van der Waals surface area contributed by atoms with E-state index in [1.807, 2.05) is 4.57 Å². The lowest BCUT2D eigenvalue weighted by Gasteiger charge is -2.25. The van der Waals surface area contributed by atoms with Crippen LogP contribution in [-0.4, -0.2) is 44.9 Å². The van der Waals surface area contributed by atoms with E-state index in [1.54, 1.807) is 24.8 Å². The third-order valence-electron chi connectivity index (χ3n) is 5.50. The first-order chi connectivity index (χ1) is 15.9. The molecule has 1 amide bonds. The number of rotatable bonds is 7. The smallest absolute Gasteiger partial charge is 0.295 e.